The molecule has 3 rings (SSSR count). The van der Waals surface area contributed by atoms with Crippen molar-refractivity contribution in [2.45, 2.75) is 35.8 Å². The number of hydrogen-bond donors (Lipinski definition) is 0. The van der Waals surface area contributed by atoms with Gasteiger partial charge in [0.25, 0.3) is 0 Å². The van der Waals surface area contributed by atoms with Crippen LogP contribution < -0.4 is 4.74 Å². The molecule has 1 heterocycles. The monoisotopic (exact) mass is 347 g/mol. The molecule has 0 radical (unpaired) electrons. The number of rotatable bonds is 5. The van der Waals surface area contributed by atoms with E-state index in [9.17, 15) is 4.79 Å². The predicted octanol–water partition coefficient (Wildman–Crippen LogP) is 5.01. The van der Waals surface area contributed by atoms with Gasteiger partial charge < -0.3 is 4.74 Å². The van der Waals surface area contributed by atoms with Gasteiger partial charge >= 0.3 is 0 Å². The van der Waals surface area contributed by atoms with E-state index in [1.807, 2.05) is 36.0 Å². The number of aromatic nitrogens is 1. The number of benzene rings is 1. The van der Waals surface area contributed by atoms with Gasteiger partial charge in [-0.15, -0.1) is 11.8 Å². The van der Waals surface area contributed by atoms with Crippen molar-refractivity contribution in [3.05, 3.63) is 52.7 Å². The number of halogens is 1. The van der Waals surface area contributed by atoms with Crippen molar-refractivity contribution in [1.82, 2.24) is 4.98 Å². The van der Waals surface area contributed by atoms with Crippen molar-refractivity contribution in [2.24, 2.45) is 0 Å². The zero-order valence-electron chi connectivity index (χ0n) is 12.9. The molecule has 0 bridgehead atoms. The summed E-state index contributed by atoms with van der Waals surface area (Å²) in [7, 11) is 1.48. The van der Waals surface area contributed by atoms with Gasteiger partial charge in [-0.25, -0.2) is 4.98 Å². The van der Waals surface area contributed by atoms with Crippen LogP contribution in [0.15, 0.2) is 41.3 Å². The summed E-state index contributed by atoms with van der Waals surface area (Å²) in [5, 5.41) is 1.12. The Hall–Kier alpha value is -1.52. The average molecular weight is 348 g/mol. The first-order valence-corrected chi connectivity index (χ1v) is 8.95. The van der Waals surface area contributed by atoms with Crippen molar-refractivity contribution in [1.29, 1.82) is 0 Å². The first-order valence-electron chi connectivity index (χ1n) is 7.69. The van der Waals surface area contributed by atoms with Crippen LogP contribution in [0.3, 0.4) is 0 Å². The van der Waals surface area contributed by atoms with Gasteiger partial charge in [0, 0.05) is 15.7 Å². The summed E-state index contributed by atoms with van der Waals surface area (Å²) in [5.74, 6) is 0.142. The molecule has 1 aliphatic rings. The summed E-state index contributed by atoms with van der Waals surface area (Å²) >= 11 is 7.86. The van der Waals surface area contributed by atoms with E-state index in [4.69, 9.17) is 16.3 Å². The highest BCUT2D eigenvalue weighted by Gasteiger charge is 2.17. The summed E-state index contributed by atoms with van der Waals surface area (Å²) in [6, 6.07) is 11.0. The normalized spacial score (nSPS) is 14.9. The molecule has 1 fully saturated rings. The number of methoxy groups -OCH3 is 1. The van der Waals surface area contributed by atoms with Crippen LogP contribution in [-0.4, -0.2) is 23.1 Å². The van der Waals surface area contributed by atoms with Gasteiger partial charge in [0.1, 0.15) is 10.7 Å². The van der Waals surface area contributed by atoms with Crippen LogP contribution in [0.2, 0.25) is 5.02 Å². The van der Waals surface area contributed by atoms with E-state index in [2.05, 4.69) is 4.98 Å². The molecule has 0 unspecified atom stereocenters. The zero-order chi connectivity index (χ0) is 16.2. The Morgan fingerprint density at radius 1 is 1.17 bits per heavy atom. The third kappa shape index (κ3) is 3.88. The average Bonchev–Trinajstić information content (AvgIpc) is 3.08. The highest BCUT2D eigenvalue weighted by molar-refractivity contribution is 8.00. The van der Waals surface area contributed by atoms with E-state index in [0.717, 1.165) is 5.25 Å². The van der Waals surface area contributed by atoms with Crippen LogP contribution in [0.4, 0.5) is 0 Å². The van der Waals surface area contributed by atoms with Crippen molar-refractivity contribution < 1.29 is 9.53 Å². The largest absolute Gasteiger partial charge is 0.480 e. The Bertz CT molecular complexity index is 697. The molecule has 23 heavy (non-hydrogen) atoms. The summed E-state index contributed by atoms with van der Waals surface area (Å²) < 4.78 is 5.07. The van der Waals surface area contributed by atoms with Gasteiger partial charge in [-0.1, -0.05) is 24.4 Å². The zero-order valence-corrected chi connectivity index (χ0v) is 14.5. The van der Waals surface area contributed by atoms with Gasteiger partial charge in [-0.3, -0.25) is 4.79 Å². The molecule has 1 aliphatic carbocycles. The van der Waals surface area contributed by atoms with Crippen LogP contribution in [-0.2, 0) is 0 Å². The second-order valence-electron chi connectivity index (χ2n) is 5.57. The molecule has 1 aromatic heterocycles. The van der Waals surface area contributed by atoms with E-state index < -0.39 is 0 Å². The fraction of sp³-hybridized carbons (Fsp3) is 0.333. The highest BCUT2D eigenvalue weighted by atomic mass is 35.5. The van der Waals surface area contributed by atoms with Gasteiger partial charge in [-0.05, 0) is 49.2 Å². The molecule has 0 spiro atoms. The lowest BCUT2D eigenvalue weighted by Crippen LogP contribution is -2.05. The van der Waals surface area contributed by atoms with Gasteiger partial charge in [0.2, 0.25) is 11.7 Å². The number of pyridine rings is 1. The van der Waals surface area contributed by atoms with E-state index in [1.165, 1.54) is 37.7 Å². The number of ketones is 1. The summed E-state index contributed by atoms with van der Waals surface area (Å²) in [6.07, 6.45) is 5.25. The Kier molecular flexibility index (Phi) is 5.23. The molecule has 0 atom stereocenters. The van der Waals surface area contributed by atoms with Crippen molar-refractivity contribution in [2.75, 3.05) is 7.11 Å². The smallest absolute Gasteiger partial charge is 0.232 e. The van der Waals surface area contributed by atoms with E-state index in [0.29, 0.717) is 16.3 Å². The maximum absolute atomic E-state index is 12.5. The van der Waals surface area contributed by atoms with Gasteiger partial charge in [-0.2, -0.15) is 0 Å². The molecule has 0 aliphatic heterocycles. The topological polar surface area (TPSA) is 39.2 Å². The third-order valence-corrected chi connectivity index (χ3v) is 5.60. The summed E-state index contributed by atoms with van der Waals surface area (Å²) in [5.41, 5.74) is 0.958. The van der Waals surface area contributed by atoms with Gasteiger partial charge in [0.05, 0.1) is 7.11 Å². The lowest BCUT2D eigenvalue weighted by Gasteiger charge is -2.09. The predicted molar refractivity (Wildman–Crippen MR) is 93.8 cm³/mol. The van der Waals surface area contributed by atoms with E-state index >= 15 is 0 Å². The van der Waals surface area contributed by atoms with Crippen LogP contribution in [0.25, 0.3) is 0 Å². The maximum Gasteiger partial charge on any atom is 0.232 e. The molecule has 1 aromatic carbocycles. The Morgan fingerprint density at radius 3 is 2.52 bits per heavy atom. The minimum Gasteiger partial charge on any atom is -0.480 e. The highest BCUT2D eigenvalue weighted by Crippen LogP contribution is 2.34. The van der Waals surface area contributed by atoms with Crippen LogP contribution in [0, 0.1) is 0 Å². The van der Waals surface area contributed by atoms with Crippen molar-refractivity contribution in [3.8, 4) is 5.88 Å². The van der Waals surface area contributed by atoms with Gasteiger partial charge in [0.15, 0.2) is 0 Å². The third-order valence-electron chi connectivity index (χ3n) is 3.96. The molecule has 0 N–H and O–H groups in total. The second-order valence-corrected chi connectivity index (χ2v) is 7.35. The molecule has 5 heteroatoms. The van der Waals surface area contributed by atoms with Crippen molar-refractivity contribution >= 4 is 29.1 Å². The molecule has 120 valence electrons. The maximum atomic E-state index is 12.5. The van der Waals surface area contributed by atoms with Crippen LogP contribution in [0.1, 0.15) is 41.7 Å². The second kappa shape index (κ2) is 7.37. The van der Waals surface area contributed by atoms with Crippen LogP contribution >= 0.6 is 23.4 Å². The summed E-state index contributed by atoms with van der Waals surface area (Å²) in [6.45, 7) is 0. The lowest BCUT2D eigenvalue weighted by atomic mass is 10.1. The quantitative estimate of drug-likeness (QED) is 0.713. The summed E-state index contributed by atoms with van der Waals surface area (Å²) in [4.78, 5) is 17.9. The van der Waals surface area contributed by atoms with Crippen LogP contribution in [0.5, 0.6) is 5.88 Å². The van der Waals surface area contributed by atoms with Crippen molar-refractivity contribution in [3.63, 3.8) is 0 Å². The number of thioether (sulfide) groups is 1. The first kappa shape index (κ1) is 16.3. The fourth-order valence-electron chi connectivity index (χ4n) is 2.72. The number of carbonyl (C=O) groups is 1. The Morgan fingerprint density at radius 2 is 1.87 bits per heavy atom. The molecular weight excluding hydrogens is 330 g/mol. The fourth-order valence-corrected chi connectivity index (χ4v) is 4.15. The Labute approximate surface area is 145 Å². The lowest BCUT2D eigenvalue weighted by molar-refractivity contribution is 0.103. The molecule has 1 saturated carbocycles. The minimum atomic E-state index is -0.127. The molecule has 2 aromatic rings. The molecule has 3 nitrogen and oxygen atoms in total. The number of carbonyl (C=O) groups excluding carboxylic acids is 1. The molecule has 0 saturated heterocycles. The molecule has 0 amide bonds. The number of nitrogens with zero attached hydrogens (tertiary/aromatic N) is 1. The number of ether oxygens (including phenoxy) is 1. The van der Waals surface area contributed by atoms with E-state index in [1.54, 1.807) is 12.1 Å². The first-order chi connectivity index (χ1) is 11.2. The standard InChI is InChI=1S/C18H18ClNO2S/c1-22-18-15(19)10-11-16(20-18)17(21)12-6-8-14(9-7-12)23-13-4-2-3-5-13/h6-11,13H,2-5H2,1H3. The molecular formula is C18H18ClNO2S. The van der Waals surface area contributed by atoms with E-state index in [-0.39, 0.29) is 11.7 Å². The SMILES string of the molecule is COc1nc(C(=O)c2ccc(SC3CCCC3)cc2)ccc1Cl. The minimum absolute atomic E-state index is 0.127. The number of hydrogen-bond acceptors (Lipinski definition) is 4. The Balaban J connectivity index is 1.74.